The molecule has 0 aromatic heterocycles. The molecule has 116 valence electrons. The molecule has 0 saturated carbocycles. The normalized spacial score (nSPS) is 20.3. The van der Waals surface area contributed by atoms with Gasteiger partial charge >= 0.3 is 0 Å². The Hall–Kier alpha value is -1.35. The zero-order valence-electron chi connectivity index (χ0n) is 13.5. The van der Waals surface area contributed by atoms with Gasteiger partial charge in [0.25, 0.3) is 0 Å². The fourth-order valence-corrected chi connectivity index (χ4v) is 3.05. The van der Waals surface area contributed by atoms with Gasteiger partial charge < -0.3 is 10.2 Å². The van der Waals surface area contributed by atoms with Crippen LogP contribution in [0.2, 0.25) is 0 Å². The zero-order valence-corrected chi connectivity index (χ0v) is 13.5. The molecule has 1 saturated heterocycles. The number of carbonyl (C=O) groups is 1. The van der Waals surface area contributed by atoms with E-state index in [2.05, 4.69) is 24.1 Å². The van der Waals surface area contributed by atoms with Gasteiger partial charge in [0.05, 0.1) is 5.92 Å². The van der Waals surface area contributed by atoms with E-state index in [0.29, 0.717) is 5.92 Å². The topological polar surface area (TPSA) is 32.3 Å². The summed E-state index contributed by atoms with van der Waals surface area (Å²) in [5.74, 6) is 0.778. The first-order chi connectivity index (χ1) is 10.1. The van der Waals surface area contributed by atoms with E-state index >= 15 is 0 Å². The standard InChI is InChI=1S/C18H28N2O/c1-14(2)20(13-16-8-7-11-19-12-16)18(21)15(3)17-9-5-4-6-10-17/h4-6,9-10,14-16,19H,7-8,11-13H2,1-3H3. The van der Waals surface area contributed by atoms with Crippen molar-refractivity contribution in [1.29, 1.82) is 0 Å². The van der Waals surface area contributed by atoms with Crippen molar-refractivity contribution in [3.63, 3.8) is 0 Å². The molecule has 2 unspecified atom stereocenters. The molecule has 21 heavy (non-hydrogen) atoms. The lowest BCUT2D eigenvalue weighted by molar-refractivity contribution is -0.135. The molecule has 3 heteroatoms. The van der Waals surface area contributed by atoms with Crippen LogP contribution in [-0.2, 0) is 4.79 Å². The Morgan fingerprint density at radius 3 is 2.57 bits per heavy atom. The van der Waals surface area contributed by atoms with Crippen molar-refractivity contribution in [2.24, 2.45) is 5.92 Å². The van der Waals surface area contributed by atoms with E-state index in [4.69, 9.17) is 0 Å². The molecule has 1 aromatic rings. The molecule has 1 aromatic carbocycles. The minimum Gasteiger partial charge on any atom is -0.339 e. The summed E-state index contributed by atoms with van der Waals surface area (Å²) in [5, 5.41) is 3.44. The fraction of sp³-hybridized carbons (Fsp3) is 0.611. The van der Waals surface area contributed by atoms with Crippen LogP contribution in [-0.4, -0.2) is 36.5 Å². The van der Waals surface area contributed by atoms with E-state index in [1.165, 1.54) is 12.8 Å². The highest BCUT2D eigenvalue weighted by Gasteiger charge is 2.26. The van der Waals surface area contributed by atoms with Crippen LogP contribution < -0.4 is 5.32 Å². The Kier molecular flexibility index (Phi) is 5.80. The van der Waals surface area contributed by atoms with Gasteiger partial charge in [-0.15, -0.1) is 0 Å². The van der Waals surface area contributed by atoms with Crippen molar-refractivity contribution in [3.05, 3.63) is 35.9 Å². The minimum absolute atomic E-state index is 0.0647. The highest BCUT2D eigenvalue weighted by atomic mass is 16.2. The Balaban J connectivity index is 2.04. The molecule has 0 radical (unpaired) electrons. The Morgan fingerprint density at radius 1 is 1.29 bits per heavy atom. The summed E-state index contributed by atoms with van der Waals surface area (Å²) in [5.41, 5.74) is 1.11. The molecule has 0 spiro atoms. The SMILES string of the molecule is CC(C(=O)N(CC1CCCNC1)C(C)C)c1ccccc1. The van der Waals surface area contributed by atoms with Crippen LogP contribution >= 0.6 is 0 Å². The summed E-state index contributed by atoms with van der Waals surface area (Å²) in [6.45, 7) is 9.29. The molecule has 0 bridgehead atoms. The summed E-state index contributed by atoms with van der Waals surface area (Å²) >= 11 is 0. The molecular formula is C18H28N2O. The van der Waals surface area contributed by atoms with Gasteiger partial charge in [0.15, 0.2) is 0 Å². The lowest BCUT2D eigenvalue weighted by Gasteiger charge is -2.34. The number of amides is 1. The maximum atomic E-state index is 12.9. The molecule has 1 amide bonds. The highest BCUT2D eigenvalue weighted by Crippen LogP contribution is 2.21. The van der Waals surface area contributed by atoms with Crippen molar-refractivity contribution in [3.8, 4) is 0 Å². The lowest BCUT2D eigenvalue weighted by Crippen LogP contribution is -2.45. The summed E-state index contributed by atoms with van der Waals surface area (Å²) in [7, 11) is 0. The molecule has 3 nitrogen and oxygen atoms in total. The van der Waals surface area contributed by atoms with Crippen LogP contribution in [0.4, 0.5) is 0 Å². The number of rotatable bonds is 5. The maximum absolute atomic E-state index is 12.9. The van der Waals surface area contributed by atoms with E-state index in [0.717, 1.165) is 25.2 Å². The zero-order chi connectivity index (χ0) is 15.2. The third-order valence-corrected chi connectivity index (χ3v) is 4.43. The van der Waals surface area contributed by atoms with Gasteiger partial charge in [0.1, 0.15) is 0 Å². The van der Waals surface area contributed by atoms with Crippen LogP contribution in [0.1, 0.15) is 45.1 Å². The fourth-order valence-electron chi connectivity index (χ4n) is 3.05. The number of benzene rings is 1. The first-order valence-electron chi connectivity index (χ1n) is 8.15. The molecular weight excluding hydrogens is 260 g/mol. The van der Waals surface area contributed by atoms with Crippen molar-refractivity contribution in [2.45, 2.75) is 45.6 Å². The Bertz CT molecular complexity index is 438. The molecule has 1 fully saturated rings. The summed E-state index contributed by atoms with van der Waals surface area (Å²) in [6.07, 6.45) is 2.45. The second kappa shape index (κ2) is 7.60. The van der Waals surface area contributed by atoms with Crippen molar-refractivity contribution in [1.82, 2.24) is 10.2 Å². The van der Waals surface area contributed by atoms with E-state index < -0.39 is 0 Å². The van der Waals surface area contributed by atoms with Crippen LogP contribution in [0.15, 0.2) is 30.3 Å². The van der Waals surface area contributed by atoms with Gasteiger partial charge in [-0.25, -0.2) is 0 Å². The predicted octanol–water partition coefficient (Wildman–Crippen LogP) is 3.03. The average molecular weight is 288 g/mol. The van der Waals surface area contributed by atoms with Gasteiger partial charge in [-0.05, 0) is 58.2 Å². The summed E-state index contributed by atoms with van der Waals surface area (Å²) < 4.78 is 0. The second-order valence-electron chi connectivity index (χ2n) is 6.43. The Morgan fingerprint density at radius 2 is 2.00 bits per heavy atom. The van der Waals surface area contributed by atoms with Gasteiger partial charge in [-0.2, -0.15) is 0 Å². The van der Waals surface area contributed by atoms with Crippen LogP contribution in [0.25, 0.3) is 0 Å². The molecule has 1 aliphatic heterocycles. The predicted molar refractivity (Wildman–Crippen MR) is 87.3 cm³/mol. The largest absolute Gasteiger partial charge is 0.339 e. The number of hydrogen-bond acceptors (Lipinski definition) is 2. The molecule has 1 aliphatic rings. The summed E-state index contributed by atoms with van der Waals surface area (Å²) in [4.78, 5) is 14.9. The molecule has 2 atom stereocenters. The quantitative estimate of drug-likeness (QED) is 0.903. The van der Waals surface area contributed by atoms with Gasteiger partial charge in [-0.1, -0.05) is 30.3 Å². The molecule has 1 heterocycles. The third kappa shape index (κ3) is 4.31. The first kappa shape index (κ1) is 16.0. The number of hydrogen-bond donors (Lipinski definition) is 1. The lowest BCUT2D eigenvalue weighted by atomic mass is 9.95. The minimum atomic E-state index is -0.0647. The van der Waals surface area contributed by atoms with E-state index in [1.54, 1.807) is 0 Å². The van der Waals surface area contributed by atoms with Crippen LogP contribution in [0, 0.1) is 5.92 Å². The van der Waals surface area contributed by atoms with E-state index in [-0.39, 0.29) is 17.9 Å². The van der Waals surface area contributed by atoms with Crippen LogP contribution in [0.5, 0.6) is 0 Å². The number of carbonyl (C=O) groups excluding carboxylic acids is 1. The molecule has 0 aliphatic carbocycles. The van der Waals surface area contributed by atoms with E-state index in [1.807, 2.05) is 37.3 Å². The highest BCUT2D eigenvalue weighted by molar-refractivity contribution is 5.83. The van der Waals surface area contributed by atoms with Crippen molar-refractivity contribution >= 4 is 5.91 Å². The molecule has 1 N–H and O–H groups in total. The van der Waals surface area contributed by atoms with Gasteiger partial charge in [0, 0.05) is 12.6 Å². The average Bonchev–Trinajstić information content (AvgIpc) is 2.53. The van der Waals surface area contributed by atoms with Gasteiger partial charge in [-0.3, -0.25) is 4.79 Å². The van der Waals surface area contributed by atoms with Gasteiger partial charge in [0.2, 0.25) is 5.91 Å². The molecule has 2 rings (SSSR count). The number of piperidine rings is 1. The number of nitrogens with zero attached hydrogens (tertiary/aromatic N) is 1. The van der Waals surface area contributed by atoms with Crippen LogP contribution in [0.3, 0.4) is 0 Å². The monoisotopic (exact) mass is 288 g/mol. The first-order valence-corrected chi connectivity index (χ1v) is 8.15. The Labute approximate surface area is 128 Å². The maximum Gasteiger partial charge on any atom is 0.230 e. The van der Waals surface area contributed by atoms with Crippen molar-refractivity contribution in [2.75, 3.05) is 19.6 Å². The van der Waals surface area contributed by atoms with E-state index in [9.17, 15) is 4.79 Å². The third-order valence-electron chi connectivity index (χ3n) is 4.43. The smallest absolute Gasteiger partial charge is 0.230 e. The van der Waals surface area contributed by atoms with Crippen molar-refractivity contribution < 1.29 is 4.79 Å². The number of nitrogens with one attached hydrogen (secondary N) is 1. The summed E-state index contributed by atoms with van der Waals surface area (Å²) in [6, 6.07) is 10.3. The second-order valence-corrected chi connectivity index (χ2v) is 6.43.